The van der Waals surface area contributed by atoms with Crippen molar-refractivity contribution in [3.05, 3.63) is 34.9 Å². The van der Waals surface area contributed by atoms with Crippen LogP contribution in [-0.4, -0.2) is 14.9 Å². The summed E-state index contributed by atoms with van der Waals surface area (Å²) < 4.78 is 6.23. The van der Waals surface area contributed by atoms with Gasteiger partial charge in [0.15, 0.2) is 8.32 Å². The van der Waals surface area contributed by atoms with Crippen molar-refractivity contribution in [3.63, 3.8) is 0 Å². The highest BCUT2D eigenvalue weighted by Gasteiger charge is 2.36. The number of benzene rings is 1. The molecule has 1 aromatic carbocycles. The summed E-state index contributed by atoms with van der Waals surface area (Å²) in [4.78, 5) is 0. The Morgan fingerprint density at radius 3 is 1.95 bits per heavy atom. The average Bonchev–Trinajstić information content (AvgIpc) is 2.35. The second kappa shape index (κ2) is 8.31. The molecule has 1 nitrogen and oxygen atoms in total. The summed E-state index contributed by atoms with van der Waals surface area (Å²) in [5.41, 5.74) is 4.27. The maximum atomic E-state index is 6.23. The molecule has 2 heteroatoms. The predicted octanol–water partition coefficient (Wildman–Crippen LogP) is 6.43. The summed E-state index contributed by atoms with van der Waals surface area (Å²) in [6.45, 7) is 16.9. The van der Waals surface area contributed by atoms with E-state index in [9.17, 15) is 0 Å². The molecule has 0 saturated heterocycles. The van der Waals surface area contributed by atoms with Gasteiger partial charge < -0.3 is 4.43 Å². The smallest absolute Gasteiger partial charge is 0.191 e. The van der Waals surface area contributed by atoms with E-state index in [1.165, 1.54) is 48.8 Å². The Hall–Kier alpha value is -0.603. The molecule has 0 aliphatic heterocycles. The molecule has 1 rings (SSSR count). The van der Waals surface area contributed by atoms with Crippen molar-refractivity contribution in [2.75, 3.05) is 6.61 Å². The lowest BCUT2D eigenvalue weighted by atomic mass is 10.0. The van der Waals surface area contributed by atoms with Crippen LogP contribution in [0.4, 0.5) is 0 Å². The van der Waals surface area contributed by atoms with Crippen LogP contribution in [-0.2, 0) is 10.8 Å². The molecule has 126 valence electrons. The molecule has 0 unspecified atom stereocenters. The first kappa shape index (κ1) is 19.4. The minimum atomic E-state index is -1.54. The molecule has 0 fully saturated rings. The summed E-state index contributed by atoms with van der Waals surface area (Å²) in [5, 5.41) is 0.329. The molecule has 0 spiro atoms. The first-order valence-electron chi connectivity index (χ1n) is 8.83. The van der Waals surface area contributed by atoms with Crippen LogP contribution in [0, 0.1) is 13.8 Å². The molecule has 0 radical (unpaired) electrons. The second-order valence-electron chi connectivity index (χ2n) is 8.27. The van der Waals surface area contributed by atoms with Crippen LogP contribution in [0.25, 0.3) is 0 Å². The van der Waals surface area contributed by atoms with E-state index in [1.54, 1.807) is 0 Å². The lowest BCUT2D eigenvalue weighted by Crippen LogP contribution is -2.40. The van der Waals surface area contributed by atoms with E-state index < -0.39 is 8.32 Å². The van der Waals surface area contributed by atoms with E-state index in [-0.39, 0.29) is 0 Å². The van der Waals surface area contributed by atoms with Gasteiger partial charge in [0, 0.05) is 6.61 Å². The zero-order chi connectivity index (χ0) is 16.8. The van der Waals surface area contributed by atoms with Crippen LogP contribution < -0.4 is 0 Å². The molecule has 0 aliphatic carbocycles. The summed E-state index contributed by atoms with van der Waals surface area (Å²) in [6, 6.07) is 6.91. The van der Waals surface area contributed by atoms with Crippen molar-refractivity contribution in [1.82, 2.24) is 0 Å². The van der Waals surface area contributed by atoms with Crippen molar-refractivity contribution < 1.29 is 4.43 Å². The quantitative estimate of drug-likeness (QED) is 0.396. The molecule has 0 atom stereocenters. The van der Waals surface area contributed by atoms with Gasteiger partial charge in [-0.3, -0.25) is 0 Å². The number of hydrogen-bond acceptors (Lipinski definition) is 1. The van der Waals surface area contributed by atoms with Crippen molar-refractivity contribution in [2.45, 2.75) is 84.9 Å². The Kier molecular flexibility index (Phi) is 7.34. The summed E-state index contributed by atoms with van der Waals surface area (Å²) in [5.74, 6) is 0. The standard InChI is InChI=1S/C20H36OSi/c1-17-14-18(2)16-19(15-17)12-10-8-9-11-13-21-22(6,7)20(3,4)5/h14-16H,8-13H2,1-7H3. The second-order valence-corrected chi connectivity index (χ2v) is 13.1. The monoisotopic (exact) mass is 320 g/mol. The van der Waals surface area contributed by atoms with Crippen LogP contribution >= 0.6 is 0 Å². The van der Waals surface area contributed by atoms with Gasteiger partial charge in [-0.1, -0.05) is 62.9 Å². The highest BCUT2D eigenvalue weighted by Crippen LogP contribution is 2.36. The van der Waals surface area contributed by atoms with Crippen LogP contribution in [0.3, 0.4) is 0 Å². The third-order valence-electron chi connectivity index (χ3n) is 4.91. The summed E-state index contributed by atoms with van der Waals surface area (Å²) in [6.07, 6.45) is 6.32. The molecule has 0 aliphatic rings. The van der Waals surface area contributed by atoms with Gasteiger partial charge in [-0.15, -0.1) is 0 Å². The third kappa shape index (κ3) is 6.66. The Labute approximate surface area is 139 Å². The first-order chi connectivity index (χ1) is 10.1. The fourth-order valence-corrected chi connectivity index (χ4v) is 3.63. The van der Waals surface area contributed by atoms with Gasteiger partial charge >= 0.3 is 0 Å². The van der Waals surface area contributed by atoms with Crippen LogP contribution in [0.15, 0.2) is 18.2 Å². The Morgan fingerprint density at radius 1 is 0.864 bits per heavy atom. The lowest BCUT2D eigenvalue weighted by molar-refractivity contribution is 0.277. The summed E-state index contributed by atoms with van der Waals surface area (Å²) in [7, 11) is -1.54. The zero-order valence-corrected chi connectivity index (χ0v) is 16.9. The van der Waals surface area contributed by atoms with E-state index in [2.05, 4.69) is 65.9 Å². The van der Waals surface area contributed by atoms with Crippen LogP contribution in [0.2, 0.25) is 18.1 Å². The van der Waals surface area contributed by atoms with E-state index >= 15 is 0 Å². The van der Waals surface area contributed by atoms with Crippen LogP contribution in [0.5, 0.6) is 0 Å². The maximum Gasteiger partial charge on any atom is 0.191 e. The number of aryl methyl sites for hydroxylation is 3. The van der Waals surface area contributed by atoms with E-state index in [0.29, 0.717) is 5.04 Å². The topological polar surface area (TPSA) is 9.23 Å². The van der Waals surface area contributed by atoms with Crippen molar-refractivity contribution in [1.29, 1.82) is 0 Å². The van der Waals surface area contributed by atoms with Crippen molar-refractivity contribution in [2.24, 2.45) is 0 Å². The maximum absolute atomic E-state index is 6.23. The van der Waals surface area contributed by atoms with Crippen LogP contribution in [0.1, 0.15) is 63.1 Å². The molecule has 0 N–H and O–H groups in total. The minimum Gasteiger partial charge on any atom is -0.417 e. The van der Waals surface area contributed by atoms with Gasteiger partial charge in [0.05, 0.1) is 0 Å². The highest BCUT2D eigenvalue weighted by molar-refractivity contribution is 6.74. The Bertz CT molecular complexity index is 437. The average molecular weight is 321 g/mol. The Balaban J connectivity index is 2.16. The predicted molar refractivity (Wildman–Crippen MR) is 101 cm³/mol. The molecule has 0 bridgehead atoms. The molecule has 1 aromatic rings. The van der Waals surface area contributed by atoms with Crippen molar-refractivity contribution in [3.8, 4) is 0 Å². The molecule has 0 aromatic heterocycles. The fourth-order valence-electron chi connectivity index (χ4n) is 2.54. The van der Waals surface area contributed by atoms with Gasteiger partial charge in [0.1, 0.15) is 0 Å². The lowest BCUT2D eigenvalue weighted by Gasteiger charge is -2.36. The molecular weight excluding hydrogens is 284 g/mol. The van der Waals surface area contributed by atoms with Gasteiger partial charge in [-0.25, -0.2) is 0 Å². The normalized spacial score (nSPS) is 12.7. The minimum absolute atomic E-state index is 0.329. The van der Waals surface area contributed by atoms with Gasteiger partial charge in [0.2, 0.25) is 0 Å². The Morgan fingerprint density at radius 2 is 1.41 bits per heavy atom. The van der Waals surface area contributed by atoms with Crippen molar-refractivity contribution >= 4 is 8.32 Å². The molecule has 22 heavy (non-hydrogen) atoms. The zero-order valence-electron chi connectivity index (χ0n) is 15.9. The van der Waals surface area contributed by atoms with E-state index in [4.69, 9.17) is 4.43 Å². The SMILES string of the molecule is Cc1cc(C)cc(CCCCCCO[Si](C)(C)C(C)(C)C)c1. The van der Waals surface area contributed by atoms with E-state index in [1.807, 2.05) is 0 Å². The summed E-state index contributed by atoms with van der Waals surface area (Å²) >= 11 is 0. The van der Waals surface area contributed by atoms with E-state index in [0.717, 1.165) is 6.61 Å². The number of rotatable bonds is 8. The van der Waals surface area contributed by atoms with Gasteiger partial charge in [-0.2, -0.15) is 0 Å². The highest BCUT2D eigenvalue weighted by atomic mass is 28.4. The number of unbranched alkanes of at least 4 members (excludes halogenated alkanes) is 3. The third-order valence-corrected chi connectivity index (χ3v) is 9.45. The number of hydrogen-bond donors (Lipinski definition) is 0. The largest absolute Gasteiger partial charge is 0.417 e. The molecule has 0 saturated carbocycles. The first-order valence-corrected chi connectivity index (χ1v) is 11.7. The molecular formula is C20H36OSi. The fraction of sp³-hybridized carbons (Fsp3) is 0.700. The van der Waals surface area contributed by atoms with Gasteiger partial charge in [0.25, 0.3) is 0 Å². The van der Waals surface area contributed by atoms with Gasteiger partial charge in [-0.05, 0) is 56.8 Å². The molecule has 0 heterocycles. The molecule has 0 amide bonds.